The summed E-state index contributed by atoms with van der Waals surface area (Å²) in [5.74, 6) is 2.26. The van der Waals surface area contributed by atoms with Crippen LogP contribution in [0, 0.1) is 5.92 Å². The zero-order valence-corrected chi connectivity index (χ0v) is 19.6. The van der Waals surface area contributed by atoms with E-state index in [1.165, 1.54) is 11.8 Å². The number of carbonyl (C=O) groups excluding carboxylic acids is 1. The average molecular weight is 459 g/mol. The number of amides is 1. The molecule has 8 heteroatoms. The van der Waals surface area contributed by atoms with Crippen LogP contribution in [0.1, 0.15) is 54.1 Å². The Morgan fingerprint density at radius 1 is 1.12 bits per heavy atom. The van der Waals surface area contributed by atoms with Crippen molar-refractivity contribution in [1.29, 1.82) is 0 Å². The molecule has 0 saturated carbocycles. The van der Waals surface area contributed by atoms with Crippen LogP contribution in [0.25, 0.3) is 10.9 Å². The number of benzene rings is 1. The summed E-state index contributed by atoms with van der Waals surface area (Å²) < 4.78 is 7.48. The van der Waals surface area contributed by atoms with E-state index in [4.69, 9.17) is 4.42 Å². The maximum atomic E-state index is 12.7. The number of hydrogen-bond donors (Lipinski definition) is 1. The second-order valence-corrected chi connectivity index (χ2v) is 9.32. The van der Waals surface area contributed by atoms with E-state index in [1.807, 2.05) is 12.3 Å². The van der Waals surface area contributed by atoms with Crippen molar-refractivity contribution in [3.63, 3.8) is 0 Å². The highest BCUT2D eigenvalue weighted by Gasteiger charge is 2.27. The van der Waals surface area contributed by atoms with E-state index in [9.17, 15) is 4.79 Å². The highest BCUT2D eigenvalue weighted by atomic mass is 16.3. The third-order valence-corrected chi connectivity index (χ3v) is 6.29. The first-order valence-electron chi connectivity index (χ1n) is 11.9. The molecule has 1 N–H and O–H groups in total. The Morgan fingerprint density at radius 3 is 2.85 bits per heavy atom. The number of pyridine rings is 1. The van der Waals surface area contributed by atoms with Gasteiger partial charge in [0.25, 0.3) is 5.91 Å². The van der Waals surface area contributed by atoms with Crippen LogP contribution in [0.3, 0.4) is 0 Å². The number of fused-ring (bicyclic) bond motifs is 2. The van der Waals surface area contributed by atoms with Gasteiger partial charge in [-0.3, -0.25) is 14.7 Å². The predicted octanol–water partition coefficient (Wildman–Crippen LogP) is 3.99. The molecule has 1 atom stereocenters. The Morgan fingerprint density at radius 2 is 2.03 bits per heavy atom. The average Bonchev–Trinajstić information content (AvgIpc) is 3.47. The van der Waals surface area contributed by atoms with Crippen LogP contribution in [0.4, 0.5) is 0 Å². The molecule has 0 radical (unpaired) electrons. The summed E-state index contributed by atoms with van der Waals surface area (Å²) in [5, 5.41) is 13.3. The molecule has 1 aliphatic rings. The van der Waals surface area contributed by atoms with E-state index < -0.39 is 0 Å². The molecule has 3 aromatic heterocycles. The lowest BCUT2D eigenvalue weighted by molar-refractivity contribution is 0.0900. The summed E-state index contributed by atoms with van der Waals surface area (Å²) >= 11 is 0. The zero-order valence-electron chi connectivity index (χ0n) is 19.6. The second-order valence-electron chi connectivity index (χ2n) is 9.32. The molecule has 176 valence electrons. The van der Waals surface area contributed by atoms with Crippen LogP contribution in [0.2, 0.25) is 0 Å². The number of furan rings is 1. The Bertz CT molecular complexity index is 1260. The summed E-state index contributed by atoms with van der Waals surface area (Å²) in [7, 11) is 0. The van der Waals surface area contributed by atoms with Gasteiger partial charge >= 0.3 is 0 Å². The summed E-state index contributed by atoms with van der Waals surface area (Å²) in [6.45, 7) is 7.76. The minimum atomic E-state index is -0.228. The molecule has 8 nitrogen and oxygen atoms in total. The van der Waals surface area contributed by atoms with Gasteiger partial charge < -0.3 is 14.3 Å². The van der Waals surface area contributed by atoms with Crippen LogP contribution >= 0.6 is 0 Å². The normalized spacial score (nSPS) is 15.3. The van der Waals surface area contributed by atoms with Crippen molar-refractivity contribution in [2.45, 2.75) is 45.8 Å². The van der Waals surface area contributed by atoms with Crippen molar-refractivity contribution in [3.8, 4) is 0 Å². The van der Waals surface area contributed by atoms with Crippen molar-refractivity contribution in [2.75, 3.05) is 13.1 Å². The molecule has 0 saturated heterocycles. The monoisotopic (exact) mass is 458 g/mol. The number of nitrogens with zero attached hydrogens (tertiary/aromatic N) is 5. The fraction of sp³-hybridized carbons (Fsp3) is 0.385. The first kappa shape index (κ1) is 22.3. The van der Waals surface area contributed by atoms with E-state index in [0.29, 0.717) is 11.7 Å². The molecule has 34 heavy (non-hydrogen) atoms. The summed E-state index contributed by atoms with van der Waals surface area (Å²) in [6.07, 6.45) is 4.94. The Balaban J connectivity index is 1.31. The summed E-state index contributed by atoms with van der Waals surface area (Å²) in [6, 6.07) is 13.7. The molecule has 0 bridgehead atoms. The van der Waals surface area contributed by atoms with Gasteiger partial charge in [0.05, 0.1) is 17.8 Å². The van der Waals surface area contributed by atoms with Crippen molar-refractivity contribution in [1.82, 2.24) is 30.0 Å². The van der Waals surface area contributed by atoms with E-state index in [0.717, 1.165) is 61.6 Å². The first-order chi connectivity index (χ1) is 16.6. The molecule has 0 fully saturated rings. The van der Waals surface area contributed by atoms with Gasteiger partial charge in [0.15, 0.2) is 11.6 Å². The minimum Gasteiger partial charge on any atom is -0.459 e. The van der Waals surface area contributed by atoms with Gasteiger partial charge in [-0.05, 0) is 48.2 Å². The van der Waals surface area contributed by atoms with Crippen molar-refractivity contribution < 1.29 is 9.21 Å². The molecule has 1 aromatic carbocycles. The smallest absolute Gasteiger partial charge is 0.287 e. The van der Waals surface area contributed by atoms with Gasteiger partial charge in [-0.15, -0.1) is 10.2 Å². The molecule has 0 unspecified atom stereocenters. The quantitative estimate of drug-likeness (QED) is 0.450. The third-order valence-electron chi connectivity index (χ3n) is 6.29. The van der Waals surface area contributed by atoms with Gasteiger partial charge in [-0.1, -0.05) is 26.0 Å². The maximum Gasteiger partial charge on any atom is 0.287 e. The summed E-state index contributed by atoms with van der Waals surface area (Å²) in [5.41, 5.74) is 2.30. The van der Waals surface area contributed by atoms with Crippen molar-refractivity contribution >= 4 is 16.8 Å². The lowest BCUT2D eigenvalue weighted by atomic mass is 10.0. The largest absolute Gasteiger partial charge is 0.459 e. The minimum absolute atomic E-state index is 0.224. The number of carbonyl (C=O) groups is 1. The third kappa shape index (κ3) is 4.87. The summed E-state index contributed by atoms with van der Waals surface area (Å²) in [4.78, 5) is 19.6. The molecule has 5 rings (SSSR count). The van der Waals surface area contributed by atoms with Crippen LogP contribution in [-0.2, 0) is 19.5 Å². The van der Waals surface area contributed by atoms with Crippen LogP contribution in [0.5, 0.6) is 0 Å². The van der Waals surface area contributed by atoms with Gasteiger partial charge in [0.1, 0.15) is 5.82 Å². The van der Waals surface area contributed by atoms with E-state index in [-0.39, 0.29) is 11.9 Å². The molecule has 0 spiro atoms. The van der Waals surface area contributed by atoms with Gasteiger partial charge in [-0.2, -0.15) is 0 Å². The number of aromatic nitrogens is 4. The maximum absolute atomic E-state index is 12.7. The fourth-order valence-corrected chi connectivity index (χ4v) is 4.62. The van der Waals surface area contributed by atoms with E-state index in [1.54, 1.807) is 12.1 Å². The van der Waals surface area contributed by atoms with Crippen LogP contribution in [-0.4, -0.2) is 43.6 Å². The Hall–Kier alpha value is -3.52. The SMILES string of the molecule is CC(C)C[C@H](NC(=O)c1ccco1)c1nnc2n1CCN(Cc1ccc3ncccc3c1)CC2. The molecule has 0 aliphatic carbocycles. The predicted molar refractivity (Wildman–Crippen MR) is 129 cm³/mol. The lowest BCUT2D eigenvalue weighted by Gasteiger charge is -2.22. The van der Waals surface area contributed by atoms with E-state index >= 15 is 0 Å². The lowest BCUT2D eigenvalue weighted by Crippen LogP contribution is -2.32. The molecule has 4 aromatic rings. The molecule has 1 amide bonds. The highest BCUT2D eigenvalue weighted by molar-refractivity contribution is 5.91. The van der Waals surface area contributed by atoms with Crippen molar-refractivity contribution in [2.24, 2.45) is 5.92 Å². The van der Waals surface area contributed by atoms with E-state index in [2.05, 4.69) is 68.1 Å². The highest BCUT2D eigenvalue weighted by Crippen LogP contribution is 2.23. The van der Waals surface area contributed by atoms with Crippen LogP contribution < -0.4 is 5.32 Å². The molecule has 4 heterocycles. The fourth-order valence-electron chi connectivity index (χ4n) is 4.62. The number of hydrogen-bond acceptors (Lipinski definition) is 6. The second kappa shape index (κ2) is 9.77. The topological polar surface area (TPSA) is 89.1 Å². The molecular formula is C26H30N6O2. The van der Waals surface area contributed by atoms with Crippen molar-refractivity contribution in [3.05, 3.63) is 77.9 Å². The molecule has 1 aliphatic heterocycles. The Labute approximate surface area is 199 Å². The first-order valence-corrected chi connectivity index (χ1v) is 11.9. The number of nitrogens with one attached hydrogen (secondary N) is 1. The molecular weight excluding hydrogens is 428 g/mol. The van der Waals surface area contributed by atoms with Crippen LogP contribution in [0.15, 0.2) is 59.3 Å². The Kier molecular flexibility index (Phi) is 6.40. The zero-order chi connectivity index (χ0) is 23.5. The van der Waals surface area contributed by atoms with Gasteiger partial charge in [-0.25, -0.2) is 0 Å². The van der Waals surface area contributed by atoms with Gasteiger partial charge in [0.2, 0.25) is 0 Å². The van der Waals surface area contributed by atoms with Gasteiger partial charge in [0, 0.05) is 44.2 Å². The standard InChI is InChI=1S/C26H30N6O2/c1-18(2)15-22(28-26(33)23-6-4-14-34-23)25-30-29-24-9-11-31(12-13-32(24)25)17-19-7-8-21-20(16-19)5-3-10-27-21/h3-8,10,14,16,18,22H,9,11-13,15,17H2,1-2H3,(H,28,33)/t22-/m0/s1. The number of rotatable bonds is 7.